The first kappa shape index (κ1) is 5.45. The van der Waals surface area contributed by atoms with Crippen LogP contribution in [0.3, 0.4) is 0 Å². The van der Waals surface area contributed by atoms with E-state index in [2.05, 4.69) is 22.8 Å². The van der Waals surface area contributed by atoms with Gasteiger partial charge >= 0.3 is 0 Å². The third kappa shape index (κ3) is 0.884. The van der Waals surface area contributed by atoms with Crippen LogP contribution >= 0.6 is 0 Å². The Hall–Kier alpha value is -0.340. The second-order valence-electron chi connectivity index (χ2n) is 2.72. The zero-order valence-corrected chi connectivity index (χ0v) is 5.43. The van der Waals surface area contributed by atoms with Crippen LogP contribution in [0, 0.1) is 0 Å². The largest absolute Gasteiger partial charge is 0.300 e. The predicted molar refractivity (Wildman–Crippen MR) is 37.1 cm³/mol. The summed E-state index contributed by atoms with van der Waals surface area (Å²) in [5.41, 5.74) is 0. The fourth-order valence-corrected chi connectivity index (χ4v) is 1.58. The molecule has 1 saturated heterocycles. The fourth-order valence-electron chi connectivity index (χ4n) is 1.58. The van der Waals surface area contributed by atoms with Gasteiger partial charge in [0.15, 0.2) is 0 Å². The minimum absolute atomic E-state index is 0.624. The Kier molecular flexibility index (Phi) is 1.28. The topological polar surface area (TPSA) is 24.1 Å². The molecule has 50 valence electrons. The van der Waals surface area contributed by atoms with Crippen molar-refractivity contribution in [3.05, 3.63) is 12.2 Å². The summed E-state index contributed by atoms with van der Waals surface area (Å²) < 4.78 is 0. The van der Waals surface area contributed by atoms with Gasteiger partial charge in [0.1, 0.15) is 0 Å². The first-order valence-corrected chi connectivity index (χ1v) is 3.60. The highest BCUT2D eigenvalue weighted by molar-refractivity contribution is 5.07. The van der Waals surface area contributed by atoms with Crippen LogP contribution in [-0.4, -0.2) is 18.8 Å². The Bertz CT molecular complexity index is 131. The molecule has 0 aromatic carbocycles. The van der Waals surface area contributed by atoms with Crippen LogP contribution in [0.15, 0.2) is 12.2 Å². The molecular formula is C7H12N2. The van der Waals surface area contributed by atoms with Crippen LogP contribution in [0.5, 0.6) is 0 Å². The lowest BCUT2D eigenvalue weighted by molar-refractivity contribution is 0.520. The number of rotatable bonds is 0. The SMILES string of the molecule is C1=CC2NCNC2CC1. The van der Waals surface area contributed by atoms with E-state index in [1.54, 1.807) is 0 Å². The van der Waals surface area contributed by atoms with Gasteiger partial charge in [0.25, 0.3) is 0 Å². The minimum Gasteiger partial charge on any atom is -0.300 e. The van der Waals surface area contributed by atoms with E-state index in [9.17, 15) is 0 Å². The summed E-state index contributed by atoms with van der Waals surface area (Å²) in [4.78, 5) is 0. The molecule has 2 N–H and O–H groups in total. The summed E-state index contributed by atoms with van der Waals surface area (Å²) in [7, 11) is 0. The quantitative estimate of drug-likeness (QED) is 0.451. The molecule has 1 aliphatic heterocycles. The van der Waals surface area contributed by atoms with E-state index in [0.717, 1.165) is 12.7 Å². The predicted octanol–water partition coefficient (Wildman–Crippen LogP) is 0.224. The molecule has 2 atom stereocenters. The third-order valence-electron chi connectivity index (χ3n) is 2.12. The standard InChI is InChI=1S/C7H12N2/c1-2-4-7-6(3-1)8-5-9-7/h1,3,6-9H,2,4-5H2. The molecule has 0 amide bonds. The van der Waals surface area contributed by atoms with Crippen molar-refractivity contribution in [3.8, 4) is 0 Å². The molecule has 2 unspecified atom stereocenters. The van der Waals surface area contributed by atoms with Crippen molar-refractivity contribution in [1.82, 2.24) is 10.6 Å². The summed E-state index contributed by atoms with van der Waals surface area (Å²) in [5.74, 6) is 0. The Morgan fingerprint density at radius 1 is 1.33 bits per heavy atom. The first-order chi connectivity index (χ1) is 4.47. The van der Waals surface area contributed by atoms with Gasteiger partial charge in [0, 0.05) is 18.8 Å². The Morgan fingerprint density at radius 2 is 2.33 bits per heavy atom. The zero-order valence-electron chi connectivity index (χ0n) is 5.43. The minimum atomic E-state index is 0.624. The number of allylic oxidation sites excluding steroid dienone is 1. The molecule has 1 aliphatic carbocycles. The molecule has 0 spiro atoms. The lowest BCUT2D eigenvalue weighted by Crippen LogP contribution is -2.33. The van der Waals surface area contributed by atoms with Gasteiger partial charge in [-0.1, -0.05) is 12.2 Å². The lowest BCUT2D eigenvalue weighted by Gasteiger charge is -2.18. The molecule has 2 nitrogen and oxygen atoms in total. The van der Waals surface area contributed by atoms with Crippen molar-refractivity contribution in [2.45, 2.75) is 24.9 Å². The number of hydrogen-bond acceptors (Lipinski definition) is 2. The molecular weight excluding hydrogens is 112 g/mol. The van der Waals surface area contributed by atoms with Crippen molar-refractivity contribution in [3.63, 3.8) is 0 Å². The van der Waals surface area contributed by atoms with Gasteiger partial charge < -0.3 is 0 Å². The van der Waals surface area contributed by atoms with Gasteiger partial charge in [0.2, 0.25) is 0 Å². The summed E-state index contributed by atoms with van der Waals surface area (Å²) in [6, 6.07) is 1.34. The van der Waals surface area contributed by atoms with E-state index in [4.69, 9.17) is 0 Å². The maximum Gasteiger partial charge on any atom is 0.0462 e. The number of fused-ring (bicyclic) bond motifs is 1. The smallest absolute Gasteiger partial charge is 0.0462 e. The molecule has 1 heterocycles. The second kappa shape index (κ2) is 2.12. The van der Waals surface area contributed by atoms with E-state index < -0.39 is 0 Å². The monoisotopic (exact) mass is 124 g/mol. The molecule has 0 bridgehead atoms. The molecule has 0 saturated carbocycles. The summed E-state index contributed by atoms with van der Waals surface area (Å²) in [6.45, 7) is 0.986. The molecule has 0 aromatic heterocycles. The van der Waals surface area contributed by atoms with Crippen LogP contribution in [0.4, 0.5) is 0 Å². The Morgan fingerprint density at radius 3 is 3.22 bits per heavy atom. The lowest BCUT2D eigenvalue weighted by atomic mass is 9.99. The van der Waals surface area contributed by atoms with Crippen LogP contribution in [0.25, 0.3) is 0 Å². The van der Waals surface area contributed by atoms with E-state index in [0.29, 0.717) is 6.04 Å². The van der Waals surface area contributed by atoms with Crippen molar-refractivity contribution in [2.24, 2.45) is 0 Å². The second-order valence-corrected chi connectivity index (χ2v) is 2.72. The number of nitrogens with one attached hydrogen (secondary N) is 2. The molecule has 1 fully saturated rings. The Labute approximate surface area is 55.3 Å². The van der Waals surface area contributed by atoms with Crippen LogP contribution in [0.1, 0.15) is 12.8 Å². The van der Waals surface area contributed by atoms with Gasteiger partial charge in [-0.15, -0.1) is 0 Å². The molecule has 2 rings (SSSR count). The van der Waals surface area contributed by atoms with E-state index in [-0.39, 0.29) is 0 Å². The molecule has 0 aromatic rings. The first-order valence-electron chi connectivity index (χ1n) is 3.60. The zero-order chi connectivity index (χ0) is 6.10. The fraction of sp³-hybridized carbons (Fsp3) is 0.714. The highest BCUT2D eigenvalue weighted by atomic mass is 15.2. The van der Waals surface area contributed by atoms with E-state index in [1.807, 2.05) is 0 Å². The van der Waals surface area contributed by atoms with Crippen molar-refractivity contribution in [2.75, 3.05) is 6.67 Å². The highest BCUT2D eigenvalue weighted by Crippen LogP contribution is 2.13. The van der Waals surface area contributed by atoms with Crippen LogP contribution < -0.4 is 10.6 Å². The van der Waals surface area contributed by atoms with Crippen LogP contribution in [-0.2, 0) is 0 Å². The summed E-state index contributed by atoms with van der Waals surface area (Å²) in [5, 5.41) is 6.76. The maximum absolute atomic E-state index is 3.40. The van der Waals surface area contributed by atoms with Crippen molar-refractivity contribution >= 4 is 0 Å². The van der Waals surface area contributed by atoms with Gasteiger partial charge in [0.05, 0.1) is 0 Å². The van der Waals surface area contributed by atoms with Crippen molar-refractivity contribution < 1.29 is 0 Å². The highest BCUT2D eigenvalue weighted by Gasteiger charge is 2.24. The average molecular weight is 124 g/mol. The molecule has 2 aliphatic rings. The van der Waals surface area contributed by atoms with E-state index >= 15 is 0 Å². The molecule has 2 heteroatoms. The summed E-state index contributed by atoms with van der Waals surface area (Å²) >= 11 is 0. The van der Waals surface area contributed by atoms with Crippen LogP contribution in [0.2, 0.25) is 0 Å². The maximum atomic E-state index is 3.40. The third-order valence-corrected chi connectivity index (χ3v) is 2.12. The molecule has 9 heavy (non-hydrogen) atoms. The van der Waals surface area contributed by atoms with Gasteiger partial charge in [-0.05, 0) is 12.8 Å². The Balaban J connectivity index is 2.10. The number of hydrogen-bond donors (Lipinski definition) is 2. The van der Waals surface area contributed by atoms with Gasteiger partial charge in [-0.2, -0.15) is 0 Å². The summed E-state index contributed by atoms with van der Waals surface area (Å²) in [6.07, 6.45) is 7.08. The van der Waals surface area contributed by atoms with Gasteiger partial charge in [-0.3, -0.25) is 10.6 Å². The molecule has 0 radical (unpaired) electrons. The van der Waals surface area contributed by atoms with Gasteiger partial charge in [-0.25, -0.2) is 0 Å². The normalized spacial score (nSPS) is 40.9. The average Bonchev–Trinajstić information content (AvgIpc) is 2.33. The van der Waals surface area contributed by atoms with Crippen molar-refractivity contribution in [1.29, 1.82) is 0 Å². The van der Waals surface area contributed by atoms with E-state index in [1.165, 1.54) is 12.8 Å².